The van der Waals surface area contributed by atoms with Gasteiger partial charge in [-0.1, -0.05) is 48.5 Å². The molecule has 0 radical (unpaired) electrons. The van der Waals surface area contributed by atoms with Gasteiger partial charge in [0.15, 0.2) is 11.6 Å². The summed E-state index contributed by atoms with van der Waals surface area (Å²) in [5, 5.41) is 15.4. The molecule has 32 heavy (non-hydrogen) atoms. The van der Waals surface area contributed by atoms with E-state index < -0.39 is 11.4 Å². The third-order valence-electron chi connectivity index (χ3n) is 5.76. The van der Waals surface area contributed by atoms with E-state index in [-0.39, 0.29) is 5.75 Å². The SMILES string of the molecule is C=C[C@](C)(O)CN(Cc1c(-c2ccccc2)nn(C)c1Oc1ccccc1F)CC1CC1. The van der Waals surface area contributed by atoms with Crippen LogP contribution in [-0.2, 0) is 13.6 Å². The highest BCUT2D eigenvalue weighted by Crippen LogP contribution is 2.36. The lowest BCUT2D eigenvalue weighted by atomic mass is 10.0. The Labute approximate surface area is 188 Å². The Hall–Kier alpha value is -2.96. The molecule has 0 spiro atoms. The van der Waals surface area contributed by atoms with Crippen LogP contribution >= 0.6 is 0 Å². The van der Waals surface area contributed by atoms with Gasteiger partial charge in [0.25, 0.3) is 0 Å². The van der Waals surface area contributed by atoms with Crippen LogP contribution in [0, 0.1) is 11.7 Å². The summed E-state index contributed by atoms with van der Waals surface area (Å²) in [6.07, 6.45) is 3.97. The topological polar surface area (TPSA) is 50.5 Å². The molecule has 0 amide bonds. The van der Waals surface area contributed by atoms with E-state index in [2.05, 4.69) is 11.5 Å². The standard InChI is InChI=1S/C26H30FN3O2/c1-4-26(2,31)18-30(16-19-14-15-19)17-21-24(20-10-6-5-7-11-20)28-29(3)25(21)32-23-13-9-8-12-22(23)27/h4-13,19,31H,1,14-18H2,2-3H3/t26-/m0/s1. The Bertz CT molecular complexity index is 1070. The van der Waals surface area contributed by atoms with Crippen molar-refractivity contribution >= 4 is 0 Å². The molecule has 2 aromatic carbocycles. The molecule has 0 saturated heterocycles. The van der Waals surface area contributed by atoms with E-state index in [4.69, 9.17) is 9.84 Å². The van der Waals surface area contributed by atoms with Gasteiger partial charge in [0.1, 0.15) is 5.69 Å². The summed E-state index contributed by atoms with van der Waals surface area (Å²) in [5.41, 5.74) is 1.60. The zero-order valence-electron chi connectivity index (χ0n) is 18.7. The molecule has 1 heterocycles. The average molecular weight is 436 g/mol. The summed E-state index contributed by atoms with van der Waals surface area (Å²) in [6.45, 7) is 7.37. The summed E-state index contributed by atoms with van der Waals surface area (Å²) < 4.78 is 22.1. The van der Waals surface area contributed by atoms with Gasteiger partial charge >= 0.3 is 0 Å². The molecule has 1 aromatic heterocycles. The number of aromatic nitrogens is 2. The van der Waals surface area contributed by atoms with Gasteiger partial charge in [-0.2, -0.15) is 5.10 Å². The van der Waals surface area contributed by atoms with E-state index in [1.165, 1.54) is 18.9 Å². The summed E-state index contributed by atoms with van der Waals surface area (Å²) >= 11 is 0. The van der Waals surface area contributed by atoms with E-state index in [0.29, 0.717) is 24.9 Å². The van der Waals surface area contributed by atoms with Crippen molar-refractivity contribution < 1.29 is 14.2 Å². The number of para-hydroxylation sites is 1. The monoisotopic (exact) mass is 435 g/mol. The van der Waals surface area contributed by atoms with Crippen LogP contribution in [-0.4, -0.2) is 38.5 Å². The predicted octanol–water partition coefficient (Wildman–Crippen LogP) is 5.17. The molecule has 3 aromatic rings. The first-order chi connectivity index (χ1) is 15.4. The summed E-state index contributed by atoms with van der Waals surface area (Å²) in [6, 6.07) is 16.3. The zero-order valence-corrected chi connectivity index (χ0v) is 18.7. The van der Waals surface area contributed by atoms with Gasteiger partial charge in [0, 0.05) is 32.2 Å². The first-order valence-corrected chi connectivity index (χ1v) is 11.0. The molecule has 1 aliphatic rings. The van der Waals surface area contributed by atoms with E-state index in [0.717, 1.165) is 23.4 Å². The van der Waals surface area contributed by atoms with Crippen molar-refractivity contribution in [3.63, 3.8) is 0 Å². The molecule has 0 unspecified atom stereocenters. The van der Waals surface area contributed by atoms with E-state index in [1.807, 2.05) is 30.3 Å². The molecule has 5 nitrogen and oxygen atoms in total. The fourth-order valence-corrected chi connectivity index (χ4v) is 3.87. The third kappa shape index (κ3) is 5.26. The highest BCUT2D eigenvalue weighted by Gasteiger charge is 2.30. The second-order valence-electron chi connectivity index (χ2n) is 8.83. The number of ether oxygens (including phenoxy) is 1. The summed E-state index contributed by atoms with van der Waals surface area (Å²) in [7, 11) is 1.80. The number of halogens is 1. The lowest BCUT2D eigenvalue weighted by Crippen LogP contribution is -2.40. The first-order valence-electron chi connectivity index (χ1n) is 11.0. The molecule has 0 bridgehead atoms. The van der Waals surface area contributed by atoms with Crippen LogP contribution in [0.4, 0.5) is 4.39 Å². The van der Waals surface area contributed by atoms with Gasteiger partial charge in [-0.15, -0.1) is 6.58 Å². The van der Waals surface area contributed by atoms with Crippen molar-refractivity contribution in [3.05, 3.63) is 78.6 Å². The molecule has 168 valence electrons. The lowest BCUT2D eigenvalue weighted by molar-refractivity contribution is 0.0566. The molecule has 1 atom stereocenters. The second-order valence-corrected chi connectivity index (χ2v) is 8.83. The Balaban J connectivity index is 1.74. The van der Waals surface area contributed by atoms with Gasteiger partial charge in [-0.3, -0.25) is 4.90 Å². The van der Waals surface area contributed by atoms with Gasteiger partial charge in [-0.05, 0) is 37.8 Å². The van der Waals surface area contributed by atoms with Crippen LogP contribution in [0.3, 0.4) is 0 Å². The average Bonchev–Trinajstić information content (AvgIpc) is 3.54. The minimum atomic E-state index is -1.02. The molecular weight excluding hydrogens is 405 g/mol. The molecule has 6 heteroatoms. The van der Waals surface area contributed by atoms with E-state index in [1.54, 1.807) is 42.9 Å². The Morgan fingerprint density at radius 3 is 2.56 bits per heavy atom. The normalized spacial score (nSPS) is 15.5. The molecule has 0 aliphatic heterocycles. The highest BCUT2D eigenvalue weighted by atomic mass is 19.1. The van der Waals surface area contributed by atoms with Crippen molar-refractivity contribution in [1.29, 1.82) is 0 Å². The Kier molecular flexibility index (Phi) is 6.44. The van der Waals surface area contributed by atoms with Gasteiger partial charge < -0.3 is 9.84 Å². The minimum absolute atomic E-state index is 0.156. The predicted molar refractivity (Wildman–Crippen MR) is 124 cm³/mol. The smallest absolute Gasteiger partial charge is 0.222 e. The van der Waals surface area contributed by atoms with Gasteiger partial charge in [0.2, 0.25) is 5.88 Å². The first kappa shape index (κ1) is 22.2. The van der Waals surface area contributed by atoms with Crippen molar-refractivity contribution in [2.75, 3.05) is 13.1 Å². The molecule has 1 saturated carbocycles. The van der Waals surface area contributed by atoms with Crippen LogP contribution in [0.25, 0.3) is 11.3 Å². The van der Waals surface area contributed by atoms with E-state index >= 15 is 0 Å². The summed E-state index contributed by atoms with van der Waals surface area (Å²) in [5.74, 6) is 0.852. The maximum Gasteiger partial charge on any atom is 0.222 e. The van der Waals surface area contributed by atoms with E-state index in [9.17, 15) is 9.50 Å². The number of nitrogens with zero attached hydrogens (tertiary/aromatic N) is 3. The largest absolute Gasteiger partial charge is 0.436 e. The molecule has 4 rings (SSSR count). The number of benzene rings is 2. The number of rotatable bonds is 10. The number of hydrogen-bond acceptors (Lipinski definition) is 4. The fraction of sp³-hybridized carbons (Fsp3) is 0.346. The maximum atomic E-state index is 14.4. The van der Waals surface area contributed by atoms with Gasteiger partial charge in [-0.25, -0.2) is 9.07 Å². The fourth-order valence-electron chi connectivity index (χ4n) is 3.87. The van der Waals surface area contributed by atoms with Crippen molar-refractivity contribution in [2.45, 2.75) is 31.9 Å². The summed E-state index contributed by atoms with van der Waals surface area (Å²) in [4.78, 5) is 2.22. The van der Waals surface area contributed by atoms with Gasteiger partial charge in [0.05, 0.1) is 11.2 Å². The number of aryl methyl sites for hydroxylation is 1. The molecule has 1 N–H and O–H groups in total. The van der Waals surface area contributed by atoms with Crippen molar-refractivity contribution in [3.8, 4) is 22.9 Å². The molecule has 1 fully saturated rings. The number of hydrogen-bond donors (Lipinski definition) is 1. The van der Waals surface area contributed by atoms with Crippen molar-refractivity contribution in [1.82, 2.24) is 14.7 Å². The highest BCUT2D eigenvalue weighted by molar-refractivity contribution is 5.65. The van der Waals surface area contributed by atoms with Crippen LogP contribution in [0.15, 0.2) is 67.3 Å². The molecule has 1 aliphatic carbocycles. The van der Waals surface area contributed by atoms with Crippen LogP contribution in [0.2, 0.25) is 0 Å². The minimum Gasteiger partial charge on any atom is -0.436 e. The quantitative estimate of drug-likeness (QED) is 0.447. The third-order valence-corrected chi connectivity index (χ3v) is 5.76. The number of aliphatic hydroxyl groups is 1. The maximum absolute atomic E-state index is 14.4. The molecular formula is C26H30FN3O2. The van der Waals surface area contributed by atoms with Crippen LogP contribution in [0.5, 0.6) is 11.6 Å². The van der Waals surface area contributed by atoms with Crippen LogP contribution in [0.1, 0.15) is 25.3 Å². The zero-order chi connectivity index (χ0) is 22.7. The lowest BCUT2D eigenvalue weighted by Gasteiger charge is -2.30. The Morgan fingerprint density at radius 2 is 1.91 bits per heavy atom. The Morgan fingerprint density at radius 1 is 1.22 bits per heavy atom. The van der Waals surface area contributed by atoms with Crippen molar-refractivity contribution in [2.24, 2.45) is 13.0 Å². The second kappa shape index (κ2) is 9.27. The van der Waals surface area contributed by atoms with Crippen LogP contribution < -0.4 is 4.74 Å².